The average molecular weight is 490 g/mol. The smallest absolute Gasteiger partial charge is 0.336 e. The second-order valence-electron chi connectivity index (χ2n) is 9.16. The summed E-state index contributed by atoms with van der Waals surface area (Å²) in [4.78, 5) is 39.7. The van der Waals surface area contributed by atoms with Crippen LogP contribution in [0.1, 0.15) is 45.1 Å². The van der Waals surface area contributed by atoms with E-state index in [4.69, 9.17) is 14.2 Å². The van der Waals surface area contributed by atoms with Crippen molar-refractivity contribution in [1.29, 1.82) is 0 Å². The lowest BCUT2D eigenvalue weighted by Gasteiger charge is -2.38. The van der Waals surface area contributed by atoms with Crippen LogP contribution in [0.2, 0.25) is 0 Å². The van der Waals surface area contributed by atoms with E-state index in [0.29, 0.717) is 46.7 Å². The van der Waals surface area contributed by atoms with E-state index in [2.05, 4.69) is 5.32 Å². The number of methoxy groups -OCH3 is 1. The van der Waals surface area contributed by atoms with Gasteiger partial charge in [-0.15, -0.1) is 0 Å². The van der Waals surface area contributed by atoms with E-state index >= 15 is 0 Å². The first kappa shape index (κ1) is 25.2. The fraction of sp³-hybridized carbons (Fsp3) is 0.345. The van der Waals surface area contributed by atoms with Crippen molar-refractivity contribution in [3.8, 4) is 11.5 Å². The van der Waals surface area contributed by atoms with Gasteiger partial charge in [-0.3, -0.25) is 9.59 Å². The van der Waals surface area contributed by atoms with Gasteiger partial charge in [0.15, 0.2) is 5.78 Å². The molecule has 7 nitrogen and oxygen atoms in total. The summed E-state index contributed by atoms with van der Waals surface area (Å²) in [5.74, 6) is -2.05. The summed E-state index contributed by atoms with van der Waals surface area (Å²) in [6.07, 6.45) is 1.15. The minimum atomic E-state index is -0.937. The van der Waals surface area contributed by atoms with Gasteiger partial charge in [0.05, 0.1) is 19.3 Å². The molecule has 0 unspecified atom stereocenters. The molecule has 0 bridgehead atoms. The van der Waals surface area contributed by atoms with Crippen molar-refractivity contribution in [2.24, 2.45) is 11.8 Å². The number of ketones is 1. The molecular weight excluding hydrogens is 458 g/mol. The number of ether oxygens (including phenoxy) is 3. The summed E-state index contributed by atoms with van der Waals surface area (Å²) in [6, 6.07) is 16.7. The van der Waals surface area contributed by atoms with Gasteiger partial charge in [-0.2, -0.15) is 0 Å². The van der Waals surface area contributed by atoms with Crippen molar-refractivity contribution in [3.05, 3.63) is 82.7 Å². The van der Waals surface area contributed by atoms with E-state index in [1.165, 1.54) is 7.11 Å². The lowest BCUT2D eigenvalue weighted by molar-refractivity contribution is -0.151. The Kier molecular flexibility index (Phi) is 7.58. The number of rotatable bonds is 7. The molecule has 0 saturated heterocycles. The molecule has 0 amide bonds. The number of esters is 2. The molecule has 4 rings (SSSR count). The van der Waals surface area contributed by atoms with Crippen molar-refractivity contribution in [2.45, 2.75) is 39.5 Å². The van der Waals surface area contributed by atoms with Crippen LogP contribution < -0.4 is 10.1 Å². The highest BCUT2D eigenvalue weighted by Gasteiger charge is 2.47. The average Bonchev–Trinajstić information content (AvgIpc) is 2.87. The number of hydrogen-bond donors (Lipinski definition) is 1. The van der Waals surface area contributed by atoms with Crippen LogP contribution in [0.15, 0.2) is 77.1 Å². The molecule has 0 fully saturated rings. The number of para-hydroxylation sites is 1. The molecular formula is C29H31NO6. The Morgan fingerprint density at radius 1 is 1.06 bits per heavy atom. The van der Waals surface area contributed by atoms with Crippen LogP contribution in [0.4, 0.5) is 0 Å². The first-order valence-corrected chi connectivity index (χ1v) is 12.2. The third-order valence-corrected chi connectivity index (χ3v) is 6.57. The maximum Gasteiger partial charge on any atom is 0.336 e. The van der Waals surface area contributed by atoms with E-state index < -0.39 is 23.8 Å². The fourth-order valence-electron chi connectivity index (χ4n) is 4.94. The summed E-state index contributed by atoms with van der Waals surface area (Å²) >= 11 is 0. The normalized spacial score (nSPS) is 21.4. The largest absolute Gasteiger partial charge is 0.468 e. The number of nitrogens with one attached hydrogen (secondary N) is 1. The minimum absolute atomic E-state index is 0.244. The van der Waals surface area contributed by atoms with Gasteiger partial charge in [0.1, 0.15) is 17.4 Å². The van der Waals surface area contributed by atoms with Crippen molar-refractivity contribution < 1.29 is 28.6 Å². The number of hydrogen-bond acceptors (Lipinski definition) is 7. The first-order chi connectivity index (χ1) is 17.3. The van der Waals surface area contributed by atoms with Gasteiger partial charge in [-0.1, -0.05) is 44.2 Å². The third kappa shape index (κ3) is 4.91. The molecule has 1 aliphatic carbocycles. The van der Waals surface area contributed by atoms with Crippen LogP contribution in [-0.2, 0) is 23.9 Å². The Bertz CT molecular complexity index is 1230. The zero-order valence-corrected chi connectivity index (χ0v) is 21.0. The molecule has 0 spiro atoms. The van der Waals surface area contributed by atoms with Crippen LogP contribution in [0.5, 0.6) is 11.5 Å². The quantitative estimate of drug-likeness (QED) is 0.430. The molecule has 188 valence electrons. The Balaban J connectivity index is 1.82. The highest BCUT2D eigenvalue weighted by Crippen LogP contribution is 2.46. The maximum atomic E-state index is 13.8. The summed E-state index contributed by atoms with van der Waals surface area (Å²) in [5, 5.41) is 3.27. The van der Waals surface area contributed by atoms with E-state index in [9.17, 15) is 14.4 Å². The molecule has 1 aliphatic heterocycles. The summed E-state index contributed by atoms with van der Waals surface area (Å²) in [6.45, 7) is 5.86. The summed E-state index contributed by atoms with van der Waals surface area (Å²) < 4.78 is 16.5. The maximum absolute atomic E-state index is 13.8. The molecule has 2 aromatic rings. The number of benzene rings is 2. The van der Waals surface area contributed by atoms with Gasteiger partial charge in [-0.25, -0.2) is 4.79 Å². The topological polar surface area (TPSA) is 90.9 Å². The Morgan fingerprint density at radius 3 is 2.47 bits per heavy atom. The van der Waals surface area contributed by atoms with Gasteiger partial charge in [0.25, 0.3) is 0 Å². The first-order valence-electron chi connectivity index (χ1n) is 12.2. The second kappa shape index (κ2) is 10.8. The second-order valence-corrected chi connectivity index (χ2v) is 9.16. The van der Waals surface area contributed by atoms with Crippen LogP contribution in [0.3, 0.4) is 0 Å². The number of allylic oxidation sites excluding steroid dienone is 3. The lowest BCUT2D eigenvalue weighted by atomic mass is 9.69. The molecule has 36 heavy (non-hydrogen) atoms. The highest BCUT2D eigenvalue weighted by molar-refractivity contribution is 6.12. The molecule has 0 saturated carbocycles. The molecule has 3 atom stereocenters. The van der Waals surface area contributed by atoms with Gasteiger partial charge in [0.2, 0.25) is 0 Å². The van der Waals surface area contributed by atoms with E-state index in [1.54, 1.807) is 0 Å². The molecule has 7 heteroatoms. The number of Topliss-reactive ketones (excluding diaryl/α,β-unsaturated/α-hetero) is 1. The molecule has 2 aromatic carbocycles. The summed E-state index contributed by atoms with van der Waals surface area (Å²) in [7, 11) is 1.28. The fourth-order valence-corrected chi connectivity index (χ4v) is 4.94. The lowest BCUT2D eigenvalue weighted by Crippen LogP contribution is -2.43. The predicted octanol–water partition coefficient (Wildman–Crippen LogP) is 5.05. The molecule has 1 heterocycles. The van der Waals surface area contributed by atoms with Crippen molar-refractivity contribution in [2.75, 3.05) is 13.7 Å². The van der Waals surface area contributed by atoms with Crippen molar-refractivity contribution >= 4 is 17.7 Å². The van der Waals surface area contributed by atoms with Crippen molar-refractivity contribution in [3.63, 3.8) is 0 Å². The molecule has 2 aliphatic rings. The van der Waals surface area contributed by atoms with Crippen LogP contribution in [-0.4, -0.2) is 31.4 Å². The SMILES string of the molecule is CCCOC(=O)C1=C(C)NC2=C(C(=O)[C@@H](C(=O)OC)[C@H](C)C2)[C@H]1c1cccc(Oc2ccccc2)c1. The zero-order chi connectivity index (χ0) is 25.8. The van der Waals surface area contributed by atoms with Crippen LogP contribution in [0.25, 0.3) is 0 Å². The van der Waals surface area contributed by atoms with E-state index in [-0.39, 0.29) is 18.3 Å². The van der Waals surface area contributed by atoms with Gasteiger partial charge in [0, 0.05) is 22.9 Å². The van der Waals surface area contributed by atoms with E-state index in [0.717, 1.165) is 5.70 Å². The minimum Gasteiger partial charge on any atom is -0.468 e. The highest BCUT2D eigenvalue weighted by atomic mass is 16.5. The van der Waals surface area contributed by atoms with E-state index in [1.807, 2.05) is 75.4 Å². The van der Waals surface area contributed by atoms with Crippen LogP contribution >= 0.6 is 0 Å². The zero-order valence-electron chi connectivity index (χ0n) is 21.0. The summed E-state index contributed by atoms with van der Waals surface area (Å²) in [5.41, 5.74) is 2.80. The Morgan fingerprint density at radius 2 is 1.78 bits per heavy atom. The number of dihydropyridines is 1. The molecule has 0 aromatic heterocycles. The van der Waals surface area contributed by atoms with Crippen LogP contribution in [0, 0.1) is 11.8 Å². The molecule has 0 radical (unpaired) electrons. The van der Waals surface area contributed by atoms with Gasteiger partial charge >= 0.3 is 11.9 Å². The monoisotopic (exact) mass is 489 g/mol. The number of carbonyl (C=O) groups is 3. The predicted molar refractivity (Wildman–Crippen MR) is 134 cm³/mol. The standard InChI is InChI=1S/C29H31NO6/c1-5-14-35-29(33)24-18(3)30-22-15-17(2)23(28(32)34-4)27(31)26(22)25(24)19-10-9-13-21(16-19)36-20-11-7-6-8-12-20/h6-13,16-17,23,25,30H,5,14-15H2,1-4H3/t17-,23+,25+/m1/s1. The number of carbonyl (C=O) groups excluding carboxylic acids is 3. The Labute approximate surface area is 211 Å². The van der Waals surface area contributed by atoms with Gasteiger partial charge < -0.3 is 19.5 Å². The Hall–Kier alpha value is -3.87. The third-order valence-electron chi connectivity index (χ3n) is 6.57. The van der Waals surface area contributed by atoms with Crippen molar-refractivity contribution in [1.82, 2.24) is 5.32 Å². The molecule has 1 N–H and O–H groups in total. The van der Waals surface area contributed by atoms with Gasteiger partial charge in [-0.05, 0) is 55.5 Å².